The second-order valence-electron chi connectivity index (χ2n) is 6.22. The fraction of sp³-hybridized carbons (Fsp3) is 1.00. The molecule has 1 aliphatic heterocycles. The van der Waals surface area contributed by atoms with Crippen molar-refractivity contribution in [2.24, 2.45) is 17.8 Å². The van der Waals surface area contributed by atoms with Gasteiger partial charge in [-0.05, 0) is 62.9 Å². The minimum atomic E-state index is 0. The summed E-state index contributed by atoms with van der Waals surface area (Å²) in [5, 5.41) is 0. The zero-order valence-electron chi connectivity index (χ0n) is 11.7. The number of nitrogens with zero attached hydrogens (tertiary/aromatic N) is 1. The number of rotatable bonds is 3. The van der Waals surface area contributed by atoms with Gasteiger partial charge in [-0.25, -0.2) is 0 Å². The van der Waals surface area contributed by atoms with Gasteiger partial charge < -0.3 is 4.90 Å². The van der Waals surface area contributed by atoms with Crippen LogP contribution in [0.3, 0.4) is 0 Å². The Morgan fingerprint density at radius 1 is 1.00 bits per heavy atom. The fourth-order valence-electron chi connectivity index (χ4n) is 3.75. The minimum Gasteiger partial charge on any atom is -0.303 e. The molecule has 0 aromatic rings. The normalized spacial score (nSPS) is 35.3. The monoisotopic (exact) mass is 259 g/mol. The van der Waals surface area contributed by atoms with Crippen molar-refractivity contribution in [3.63, 3.8) is 0 Å². The molecule has 0 amide bonds. The first kappa shape index (κ1) is 15.3. The molecule has 2 heteroatoms. The van der Waals surface area contributed by atoms with Crippen LogP contribution in [0.4, 0.5) is 0 Å². The van der Waals surface area contributed by atoms with Crippen molar-refractivity contribution in [3.05, 3.63) is 0 Å². The van der Waals surface area contributed by atoms with E-state index >= 15 is 0 Å². The van der Waals surface area contributed by atoms with E-state index in [0.717, 1.165) is 17.8 Å². The summed E-state index contributed by atoms with van der Waals surface area (Å²) < 4.78 is 0. The highest BCUT2D eigenvalue weighted by Gasteiger charge is 2.29. The lowest BCUT2D eigenvalue weighted by molar-refractivity contribution is 0.106. The number of hydrogen-bond acceptors (Lipinski definition) is 1. The molecule has 0 radical (unpaired) electrons. The van der Waals surface area contributed by atoms with E-state index in [9.17, 15) is 0 Å². The molecular weight excluding hydrogens is 230 g/mol. The van der Waals surface area contributed by atoms with Crippen molar-refractivity contribution >= 4 is 12.4 Å². The molecule has 0 bridgehead atoms. The Kier molecular flexibility index (Phi) is 6.87. The highest BCUT2D eigenvalue weighted by molar-refractivity contribution is 5.85. The maximum atomic E-state index is 2.71. The number of hydrogen-bond donors (Lipinski definition) is 0. The summed E-state index contributed by atoms with van der Waals surface area (Å²) in [6, 6.07) is 0. The van der Waals surface area contributed by atoms with Gasteiger partial charge in [0.15, 0.2) is 0 Å². The molecule has 2 fully saturated rings. The van der Waals surface area contributed by atoms with Crippen molar-refractivity contribution in [3.8, 4) is 0 Å². The molecule has 0 spiro atoms. The quantitative estimate of drug-likeness (QED) is 0.728. The molecule has 0 N–H and O–H groups in total. The summed E-state index contributed by atoms with van der Waals surface area (Å²) in [6.07, 6.45) is 10.3. The van der Waals surface area contributed by atoms with Crippen molar-refractivity contribution in [1.29, 1.82) is 0 Å². The van der Waals surface area contributed by atoms with Gasteiger partial charge in [-0.2, -0.15) is 0 Å². The number of piperidine rings is 1. The first-order chi connectivity index (χ1) is 7.79. The number of likely N-dealkylation sites (tertiary alicyclic amines) is 1. The molecule has 1 heterocycles. The van der Waals surface area contributed by atoms with Crippen LogP contribution in [0.5, 0.6) is 0 Å². The smallest absolute Gasteiger partial charge is 0.00123 e. The Labute approximate surface area is 114 Å². The molecule has 102 valence electrons. The molecular formula is C15H30ClN. The van der Waals surface area contributed by atoms with Crippen molar-refractivity contribution in [2.45, 2.75) is 58.8 Å². The SMILES string of the molecule is CCCN1CCCC(C2CCC(C)CC2)C1.Cl. The molecule has 1 saturated carbocycles. The second-order valence-corrected chi connectivity index (χ2v) is 6.22. The second kappa shape index (κ2) is 7.63. The third-order valence-corrected chi connectivity index (χ3v) is 4.81. The molecule has 0 aromatic heterocycles. The summed E-state index contributed by atoms with van der Waals surface area (Å²) in [5.74, 6) is 3.11. The van der Waals surface area contributed by atoms with Gasteiger partial charge in [0.1, 0.15) is 0 Å². The average molecular weight is 260 g/mol. The van der Waals surface area contributed by atoms with Crippen LogP contribution in [0.1, 0.15) is 58.8 Å². The summed E-state index contributed by atoms with van der Waals surface area (Å²) in [5.41, 5.74) is 0. The van der Waals surface area contributed by atoms with Crippen molar-refractivity contribution in [2.75, 3.05) is 19.6 Å². The van der Waals surface area contributed by atoms with Gasteiger partial charge in [0.05, 0.1) is 0 Å². The van der Waals surface area contributed by atoms with Crippen LogP contribution < -0.4 is 0 Å². The largest absolute Gasteiger partial charge is 0.303 e. The Morgan fingerprint density at radius 3 is 2.35 bits per heavy atom. The maximum Gasteiger partial charge on any atom is 0.00123 e. The zero-order valence-corrected chi connectivity index (χ0v) is 12.5. The van der Waals surface area contributed by atoms with Crippen LogP contribution >= 0.6 is 12.4 Å². The maximum absolute atomic E-state index is 2.71. The molecule has 1 nitrogen and oxygen atoms in total. The van der Waals surface area contributed by atoms with E-state index in [0.29, 0.717) is 0 Å². The van der Waals surface area contributed by atoms with E-state index in [1.165, 1.54) is 64.6 Å². The Bertz CT molecular complexity index is 197. The van der Waals surface area contributed by atoms with E-state index in [4.69, 9.17) is 0 Å². The highest BCUT2D eigenvalue weighted by Crippen LogP contribution is 2.36. The minimum absolute atomic E-state index is 0. The van der Waals surface area contributed by atoms with E-state index in [1.54, 1.807) is 0 Å². The fourth-order valence-corrected chi connectivity index (χ4v) is 3.75. The predicted molar refractivity (Wildman–Crippen MR) is 77.8 cm³/mol. The summed E-state index contributed by atoms with van der Waals surface area (Å²) in [4.78, 5) is 2.71. The van der Waals surface area contributed by atoms with Crippen molar-refractivity contribution < 1.29 is 0 Å². The first-order valence-corrected chi connectivity index (χ1v) is 7.52. The van der Waals surface area contributed by atoms with E-state index in [1.807, 2.05) is 0 Å². The van der Waals surface area contributed by atoms with E-state index < -0.39 is 0 Å². The van der Waals surface area contributed by atoms with E-state index in [2.05, 4.69) is 18.7 Å². The zero-order chi connectivity index (χ0) is 11.4. The first-order valence-electron chi connectivity index (χ1n) is 7.52. The molecule has 1 unspecified atom stereocenters. The lowest BCUT2D eigenvalue weighted by Crippen LogP contribution is -2.39. The molecule has 0 aromatic carbocycles. The number of halogens is 1. The average Bonchev–Trinajstić information content (AvgIpc) is 2.31. The molecule has 1 aliphatic carbocycles. The molecule has 2 aliphatic rings. The van der Waals surface area contributed by atoms with Crippen molar-refractivity contribution in [1.82, 2.24) is 4.90 Å². The molecule has 1 saturated heterocycles. The van der Waals surface area contributed by atoms with Gasteiger partial charge in [0, 0.05) is 6.54 Å². The third-order valence-electron chi connectivity index (χ3n) is 4.81. The van der Waals surface area contributed by atoms with Gasteiger partial charge in [0.25, 0.3) is 0 Å². The lowest BCUT2D eigenvalue weighted by Gasteiger charge is -2.39. The van der Waals surface area contributed by atoms with Gasteiger partial charge in [-0.3, -0.25) is 0 Å². The van der Waals surface area contributed by atoms with Gasteiger partial charge in [-0.15, -0.1) is 12.4 Å². The van der Waals surface area contributed by atoms with Gasteiger partial charge in [0.2, 0.25) is 0 Å². The van der Waals surface area contributed by atoms with E-state index in [-0.39, 0.29) is 12.4 Å². The lowest BCUT2D eigenvalue weighted by atomic mass is 9.74. The topological polar surface area (TPSA) is 3.24 Å². The summed E-state index contributed by atoms with van der Waals surface area (Å²) in [7, 11) is 0. The van der Waals surface area contributed by atoms with Crippen LogP contribution in [-0.2, 0) is 0 Å². The Morgan fingerprint density at radius 2 is 1.71 bits per heavy atom. The molecule has 2 rings (SSSR count). The summed E-state index contributed by atoms with van der Waals surface area (Å²) in [6.45, 7) is 8.85. The summed E-state index contributed by atoms with van der Waals surface area (Å²) >= 11 is 0. The van der Waals surface area contributed by atoms with Crippen LogP contribution in [0.2, 0.25) is 0 Å². The Balaban J connectivity index is 0.00000144. The van der Waals surface area contributed by atoms with Crippen LogP contribution in [0.15, 0.2) is 0 Å². The molecule has 1 atom stereocenters. The standard InChI is InChI=1S/C15H29N.ClH/c1-3-10-16-11-4-5-15(12-16)14-8-6-13(2)7-9-14;/h13-15H,3-12H2,1-2H3;1H. The van der Waals surface area contributed by atoms with Crippen LogP contribution in [0, 0.1) is 17.8 Å². The van der Waals surface area contributed by atoms with Gasteiger partial charge in [-0.1, -0.05) is 26.7 Å². The molecule has 17 heavy (non-hydrogen) atoms. The highest BCUT2D eigenvalue weighted by atomic mass is 35.5. The van der Waals surface area contributed by atoms with Gasteiger partial charge >= 0.3 is 0 Å². The van der Waals surface area contributed by atoms with Crippen LogP contribution in [0.25, 0.3) is 0 Å². The van der Waals surface area contributed by atoms with Crippen LogP contribution in [-0.4, -0.2) is 24.5 Å². The third kappa shape index (κ3) is 4.44. The Hall–Kier alpha value is 0.250. The predicted octanol–water partition coefficient (Wildman–Crippen LogP) is 4.36.